The van der Waals surface area contributed by atoms with E-state index in [2.05, 4.69) is 33.8 Å². The number of hydrogen-bond donors (Lipinski definition) is 3. The molecule has 2 aliphatic rings. The molecule has 1 saturated carbocycles. The van der Waals surface area contributed by atoms with Gasteiger partial charge in [-0.05, 0) is 56.2 Å². The predicted octanol–water partition coefficient (Wildman–Crippen LogP) is 4.26. The van der Waals surface area contributed by atoms with Crippen LogP contribution in [0.15, 0.2) is 60.7 Å². The van der Waals surface area contributed by atoms with E-state index in [0.29, 0.717) is 30.8 Å². The van der Waals surface area contributed by atoms with E-state index < -0.39 is 0 Å². The number of nitrogens with one attached hydrogen (secondary N) is 3. The first-order valence-electron chi connectivity index (χ1n) is 11.8. The molecular formula is C26H30N6O2. The first-order chi connectivity index (χ1) is 16.6. The van der Waals surface area contributed by atoms with Crippen LogP contribution in [0.4, 0.5) is 22.0 Å². The lowest BCUT2D eigenvalue weighted by atomic mass is 10.1. The summed E-state index contributed by atoms with van der Waals surface area (Å²) in [4.78, 5) is 24.3. The molecular weight excluding hydrogens is 428 g/mol. The summed E-state index contributed by atoms with van der Waals surface area (Å²) in [5.41, 5.74) is 3.33. The fourth-order valence-electron chi connectivity index (χ4n) is 3.97. The van der Waals surface area contributed by atoms with Gasteiger partial charge in [0, 0.05) is 42.1 Å². The van der Waals surface area contributed by atoms with Crippen LogP contribution in [0.25, 0.3) is 11.4 Å². The van der Waals surface area contributed by atoms with E-state index in [9.17, 15) is 4.79 Å². The van der Waals surface area contributed by atoms with Crippen molar-refractivity contribution in [2.45, 2.75) is 38.4 Å². The van der Waals surface area contributed by atoms with Crippen molar-refractivity contribution in [2.24, 2.45) is 0 Å². The Bertz CT molecular complexity index is 1120. The Labute approximate surface area is 199 Å². The van der Waals surface area contributed by atoms with Crippen molar-refractivity contribution in [3.05, 3.63) is 66.4 Å². The Morgan fingerprint density at radius 3 is 2.47 bits per heavy atom. The number of nitrogens with zero attached hydrogens (tertiary/aromatic N) is 3. The van der Waals surface area contributed by atoms with Crippen LogP contribution in [0.3, 0.4) is 0 Å². The van der Waals surface area contributed by atoms with E-state index in [1.54, 1.807) is 0 Å². The second-order valence-corrected chi connectivity index (χ2v) is 8.84. The van der Waals surface area contributed by atoms with Crippen molar-refractivity contribution in [3.8, 4) is 11.4 Å². The lowest BCUT2D eigenvalue weighted by Gasteiger charge is -2.34. The number of urea groups is 1. The third kappa shape index (κ3) is 5.70. The molecule has 2 amide bonds. The van der Waals surface area contributed by atoms with Crippen molar-refractivity contribution < 1.29 is 9.53 Å². The number of benzene rings is 2. The van der Waals surface area contributed by atoms with Crippen LogP contribution in [0.2, 0.25) is 0 Å². The molecule has 34 heavy (non-hydrogen) atoms. The number of ether oxygens (including phenoxy) is 1. The van der Waals surface area contributed by atoms with Crippen molar-refractivity contribution in [3.63, 3.8) is 0 Å². The maximum absolute atomic E-state index is 12.3. The first-order valence-corrected chi connectivity index (χ1v) is 11.8. The lowest BCUT2D eigenvalue weighted by molar-refractivity contribution is 0.0985. The summed E-state index contributed by atoms with van der Waals surface area (Å²) in [6, 6.07) is 19.7. The predicted molar refractivity (Wildman–Crippen MR) is 134 cm³/mol. The van der Waals surface area contributed by atoms with Gasteiger partial charge in [-0.2, -0.15) is 0 Å². The molecule has 1 atom stereocenters. The molecule has 2 aromatic carbocycles. The monoisotopic (exact) mass is 458 g/mol. The van der Waals surface area contributed by atoms with Gasteiger partial charge in [-0.1, -0.05) is 18.2 Å². The topological polar surface area (TPSA) is 91.4 Å². The van der Waals surface area contributed by atoms with Crippen LogP contribution in [0, 0.1) is 0 Å². The van der Waals surface area contributed by atoms with Crippen LogP contribution in [0.1, 0.15) is 25.5 Å². The molecule has 0 bridgehead atoms. The van der Waals surface area contributed by atoms with E-state index in [0.717, 1.165) is 35.9 Å². The van der Waals surface area contributed by atoms with Gasteiger partial charge in [-0.25, -0.2) is 14.8 Å². The van der Waals surface area contributed by atoms with Gasteiger partial charge in [0.1, 0.15) is 5.82 Å². The standard InChI is InChI=1S/C26H30N6O2/c1-18-17-34-14-13-32(18)24-15-23(16-27-20-11-12-20)28-25(31-24)19-7-9-22(10-8-19)30-26(33)29-21-5-3-2-4-6-21/h2-10,15,18,20,27H,11-14,16-17H2,1H3,(H2,29,30,33)/t18-/m0/s1. The molecule has 8 nitrogen and oxygen atoms in total. The van der Waals surface area contributed by atoms with Crippen LogP contribution >= 0.6 is 0 Å². The normalized spacial score (nSPS) is 17.9. The fourth-order valence-corrected chi connectivity index (χ4v) is 3.97. The number of carbonyl (C=O) groups excluding carboxylic acids is 1. The molecule has 3 aromatic rings. The number of morpholine rings is 1. The van der Waals surface area contributed by atoms with E-state index in [4.69, 9.17) is 14.7 Å². The molecule has 2 heterocycles. The average Bonchev–Trinajstić information content (AvgIpc) is 3.69. The third-order valence-electron chi connectivity index (χ3n) is 6.01. The van der Waals surface area contributed by atoms with E-state index >= 15 is 0 Å². The summed E-state index contributed by atoms with van der Waals surface area (Å²) in [6.45, 7) is 5.09. The molecule has 8 heteroatoms. The van der Waals surface area contributed by atoms with Crippen molar-refractivity contribution >= 4 is 23.2 Å². The summed E-state index contributed by atoms with van der Waals surface area (Å²) in [6.07, 6.45) is 2.47. The third-order valence-corrected chi connectivity index (χ3v) is 6.01. The van der Waals surface area contributed by atoms with Crippen molar-refractivity contribution in [2.75, 3.05) is 35.3 Å². The van der Waals surface area contributed by atoms with E-state index in [1.807, 2.05) is 54.6 Å². The molecule has 2 fully saturated rings. The number of anilines is 3. The zero-order valence-electron chi connectivity index (χ0n) is 19.3. The second kappa shape index (κ2) is 10.2. The van der Waals surface area contributed by atoms with Gasteiger partial charge in [0.2, 0.25) is 0 Å². The van der Waals surface area contributed by atoms with E-state index in [1.165, 1.54) is 12.8 Å². The molecule has 3 N–H and O–H groups in total. The van der Waals surface area contributed by atoms with Crippen LogP contribution in [-0.4, -0.2) is 47.8 Å². The zero-order chi connectivity index (χ0) is 23.3. The molecule has 176 valence electrons. The molecule has 1 aliphatic heterocycles. The maximum atomic E-state index is 12.3. The van der Waals surface area contributed by atoms with Gasteiger partial charge in [-0.3, -0.25) is 0 Å². The highest BCUT2D eigenvalue weighted by Gasteiger charge is 2.23. The maximum Gasteiger partial charge on any atom is 0.323 e. The minimum absolute atomic E-state index is 0.260. The van der Waals surface area contributed by atoms with Gasteiger partial charge in [0.15, 0.2) is 5.82 Å². The number of carbonyl (C=O) groups is 1. The quantitative estimate of drug-likeness (QED) is 0.490. The molecule has 1 aliphatic carbocycles. The highest BCUT2D eigenvalue weighted by molar-refractivity contribution is 5.99. The van der Waals surface area contributed by atoms with Crippen LogP contribution < -0.4 is 20.9 Å². The Morgan fingerprint density at radius 1 is 1.03 bits per heavy atom. The van der Waals surface area contributed by atoms with E-state index in [-0.39, 0.29) is 12.1 Å². The molecule has 1 aromatic heterocycles. The highest BCUT2D eigenvalue weighted by atomic mass is 16.5. The summed E-state index contributed by atoms with van der Waals surface area (Å²) < 4.78 is 5.61. The molecule has 0 radical (unpaired) electrons. The Balaban J connectivity index is 1.33. The number of hydrogen-bond acceptors (Lipinski definition) is 6. The lowest BCUT2D eigenvalue weighted by Crippen LogP contribution is -2.44. The summed E-state index contributed by atoms with van der Waals surface area (Å²) in [7, 11) is 0. The number of para-hydroxylation sites is 1. The first kappa shape index (κ1) is 22.3. The molecule has 0 spiro atoms. The minimum Gasteiger partial charge on any atom is -0.377 e. The molecule has 0 unspecified atom stereocenters. The number of aromatic nitrogens is 2. The summed E-state index contributed by atoms with van der Waals surface area (Å²) in [5.74, 6) is 1.61. The minimum atomic E-state index is -0.285. The van der Waals surface area contributed by atoms with Gasteiger partial charge >= 0.3 is 6.03 Å². The highest BCUT2D eigenvalue weighted by Crippen LogP contribution is 2.25. The van der Waals surface area contributed by atoms with Crippen LogP contribution in [-0.2, 0) is 11.3 Å². The Morgan fingerprint density at radius 2 is 1.76 bits per heavy atom. The summed E-state index contributed by atoms with van der Waals surface area (Å²) >= 11 is 0. The van der Waals surface area contributed by atoms with Crippen molar-refractivity contribution in [1.29, 1.82) is 0 Å². The smallest absolute Gasteiger partial charge is 0.323 e. The zero-order valence-corrected chi connectivity index (χ0v) is 19.3. The largest absolute Gasteiger partial charge is 0.377 e. The fraction of sp³-hybridized carbons (Fsp3) is 0.346. The average molecular weight is 459 g/mol. The van der Waals surface area contributed by atoms with Gasteiger partial charge in [0.05, 0.1) is 24.9 Å². The SMILES string of the molecule is C[C@H]1COCCN1c1cc(CNC2CC2)nc(-c2ccc(NC(=O)Nc3ccccc3)cc2)n1. The van der Waals surface area contributed by atoms with Gasteiger partial charge in [-0.15, -0.1) is 0 Å². The number of rotatable bonds is 7. The van der Waals surface area contributed by atoms with Gasteiger partial charge < -0.3 is 25.6 Å². The molecule has 1 saturated heterocycles. The Hall–Kier alpha value is -3.49. The van der Waals surface area contributed by atoms with Crippen LogP contribution in [0.5, 0.6) is 0 Å². The van der Waals surface area contributed by atoms with Crippen molar-refractivity contribution in [1.82, 2.24) is 15.3 Å². The number of amides is 2. The molecule has 5 rings (SSSR count). The van der Waals surface area contributed by atoms with Gasteiger partial charge in [0.25, 0.3) is 0 Å². The second-order valence-electron chi connectivity index (χ2n) is 8.84. The summed E-state index contributed by atoms with van der Waals surface area (Å²) in [5, 5.41) is 9.24. The Kier molecular flexibility index (Phi) is 6.69.